The van der Waals surface area contributed by atoms with Crippen LogP contribution in [0.5, 0.6) is 0 Å². The summed E-state index contributed by atoms with van der Waals surface area (Å²) in [6, 6.07) is 0. The van der Waals surface area contributed by atoms with Crippen molar-refractivity contribution < 1.29 is 102 Å². The van der Waals surface area contributed by atoms with Gasteiger partial charge in [-0.15, -0.1) is 0 Å². The Balaban J connectivity index is 1.22. The van der Waals surface area contributed by atoms with E-state index in [-0.39, 0.29) is 76.1 Å². The third-order valence-corrected chi connectivity index (χ3v) is 18.3. The van der Waals surface area contributed by atoms with Crippen molar-refractivity contribution in [3.05, 3.63) is 61.3 Å². The largest absolute Gasteiger partial charge is 0.462 e. The van der Waals surface area contributed by atoms with Gasteiger partial charge in [0.15, 0.2) is 17.4 Å². The number of hydrogen-bond acceptors (Lipinski definition) is 21. The quantitative estimate of drug-likeness (QED) is 0.0663. The van der Waals surface area contributed by atoms with Gasteiger partial charge in [0.1, 0.15) is 36.3 Å². The highest BCUT2D eigenvalue weighted by Gasteiger charge is 2.58. The summed E-state index contributed by atoms with van der Waals surface area (Å²) < 4.78 is 63.4. The third-order valence-electron chi connectivity index (χ3n) is 18.3. The van der Waals surface area contributed by atoms with Crippen molar-refractivity contribution >= 4 is 23.7 Å². The van der Waals surface area contributed by atoms with Crippen LogP contribution in [-0.4, -0.2) is 187 Å². The van der Waals surface area contributed by atoms with Crippen LogP contribution in [-0.2, 0) is 66.5 Å². The molecule has 0 aliphatic carbocycles. The van der Waals surface area contributed by atoms with E-state index in [1.54, 1.807) is 47.8 Å². The molecule has 0 aromatic rings. The van der Waals surface area contributed by atoms with Crippen LogP contribution in [0.2, 0.25) is 0 Å². The maximum atomic E-state index is 14.4. The minimum absolute atomic E-state index is 0.0156. The summed E-state index contributed by atoms with van der Waals surface area (Å²) in [7, 11) is 1.57. The molecule has 84 heavy (non-hydrogen) atoms. The number of carbonyl (C=O) groups is 4. The van der Waals surface area contributed by atoms with Gasteiger partial charge in [-0.2, -0.15) is 0 Å². The zero-order chi connectivity index (χ0) is 61.6. The number of methoxy groups -OCH3 is 1. The lowest BCUT2D eigenvalue weighted by Crippen LogP contribution is -2.65. The number of fused-ring (bicyclic) bond motifs is 8. The summed E-state index contributed by atoms with van der Waals surface area (Å²) in [6.45, 7) is 23.1. The standard InChI is InChI=1S/C63H96O21/c1-12-13-17-42(66)20-34(2)21-53-55(71)57-39(7)58(78-53)59(72)63(74)32-51(69)37(5)52(84-63)19-16-14-15-18-44-23-43(67)28-61(80-44)30-47(75-11)24-45(81-61)26-50(68)38(6)56(77-41(9)65)36(4)35(3)22-49-29-60(10,73)33-62(83-49)31-48(76-40(8)64)25-46(82-62)27-54(70)79-57/h12-13,15,17-18,36-39,42-49,51-53,55-59,66-67,69,71-74H,1-3,14,16,19-33H2,4-11H3. The molecule has 7 N–H and O–H groups in total. The summed E-state index contributed by atoms with van der Waals surface area (Å²) >= 11 is 0. The first-order valence-electron chi connectivity index (χ1n) is 30.2. The van der Waals surface area contributed by atoms with Gasteiger partial charge in [0.25, 0.3) is 0 Å². The van der Waals surface area contributed by atoms with E-state index in [1.807, 2.05) is 12.2 Å². The zero-order valence-corrected chi connectivity index (χ0v) is 50.4. The zero-order valence-electron chi connectivity index (χ0n) is 50.4. The number of esters is 3. The van der Waals surface area contributed by atoms with Crippen molar-refractivity contribution in [3.8, 4) is 0 Å². The molecule has 7 aliphatic rings. The molecule has 7 heterocycles. The van der Waals surface area contributed by atoms with Crippen LogP contribution in [0.25, 0.3) is 0 Å². The fourth-order valence-corrected chi connectivity index (χ4v) is 14.1. The molecule has 24 unspecified atom stereocenters. The maximum absolute atomic E-state index is 14.4. The van der Waals surface area contributed by atoms with Crippen LogP contribution >= 0.6 is 0 Å². The number of hydrogen-bond donors (Lipinski definition) is 7. The van der Waals surface area contributed by atoms with Gasteiger partial charge in [0.05, 0.1) is 85.1 Å². The summed E-state index contributed by atoms with van der Waals surface area (Å²) in [4.78, 5) is 54.3. The average Bonchev–Trinajstić information content (AvgIpc) is 1.09. The SMILES string of the molecule is C=CC=CC(O)CC(=C)CC1OC2C(C)C(OC(=O)CC3CC(OC(C)=O)CC4(CC(C)(O)CC(CC(=C)C(C)C(OC(C)=O)C(C)C(=O)CC5CC(OC)CC6(CC(O)CC(C=CCCCC7OC(O)(CC(O)C7C)C2O)O6)O5)O4)O3)C1O. The molecule has 6 fully saturated rings. The Bertz CT molecular complexity index is 2370. The Kier molecular flexibility index (Phi) is 23.0. The van der Waals surface area contributed by atoms with Crippen LogP contribution in [0.3, 0.4) is 0 Å². The number of Topliss-reactive ketones (excluding diaryl/α,β-unsaturated/α-hetero) is 1. The number of allylic oxidation sites excluding steroid dienone is 3. The van der Waals surface area contributed by atoms with Gasteiger partial charge in [-0.1, -0.05) is 89.0 Å². The second kappa shape index (κ2) is 28.6. The lowest BCUT2D eigenvalue weighted by Gasteiger charge is -2.52. The first-order chi connectivity index (χ1) is 39.4. The predicted molar refractivity (Wildman–Crippen MR) is 303 cm³/mol. The number of aliphatic hydroxyl groups excluding tert-OH is 5. The minimum atomic E-state index is -2.39. The molecule has 24 atom stereocenters. The molecular formula is C63H96O21. The Morgan fingerprint density at radius 2 is 1.48 bits per heavy atom. The Hall–Kier alpha value is -3.78. The molecule has 474 valence electrons. The molecule has 0 amide bonds. The van der Waals surface area contributed by atoms with Crippen molar-refractivity contribution in [2.75, 3.05) is 7.11 Å². The molecule has 10 bridgehead atoms. The van der Waals surface area contributed by atoms with E-state index in [9.17, 15) is 54.9 Å². The lowest BCUT2D eigenvalue weighted by atomic mass is 9.78. The predicted octanol–water partition coefficient (Wildman–Crippen LogP) is 5.34. The summed E-state index contributed by atoms with van der Waals surface area (Å²) in [5.74, 6) is -10.6. The molecule has 21 heteroatoms. The van der Waals surface area contributed by atoms with E-state index in [0.717, 1.165) is 0 Å². The van der Waals surface area contributed by atoms with E-state index < -0.39 is 169 Å². The molecule has 0 radical (unpaired) electrons. The van der Waals surface area contributed by atoms with Gasteiger partial charge in [-0.25, -0.2) is 0 Å². The molecule has 21 nitrogen and oxygen atoms in total. The monoisotopic (exact) mass is 1190 g/mol. The average molecular weight is 1190 g/mol. The molecule has 0 saturated carbocycles. The van der Waals surface area contributed by atoms with Crippen LogP contribution in [0, 0.1) is 23.7 Å². The van der Waals surface area contributed by atoms with Gasteiger partial charge in [-0.3, -0.25) is 19.2 Å². The topological polar surface area (TPSA) is 302 Å². The van der Waals surface area contributed by atoms with Gasteiger partial charge in [-0.05, 0) is 45.4 Å². The van der Waals surface area contributed by atoms with Crippen LogP contribution in [0.1, 0.15) is 158 Å². The first kappa shape index (κ1) is 67.7. The second-order valence-corrected chi connectivity index (χ2v) is 25.8. The number of rotatable bonds is 9. The van der Waals surface area contributed by atoms with Crippen LogP contribution < -0.4 is 0 Å². The van der Waals surface area contributed by atoms with Crippen molar-refractivity contribution in [3.63, 3.8) is 0 Å². The van der Waals surface area contributed by atoms with Crippen LogP contribution in [0.15, 0.2) is 61.3 Å². The van der Waals surface area contributed by atoms with Crippen molar-refractivity contribution in [2.24, 2.45) is 23.7 Å². The highest BCUT2D eigenvalue weighted by Crippen LogP contribution is 2.48. The van der Waals surface area contributed by atoms with E-state index in [0.29, 0.717) is 43.3 Å². The molecular weight excluding hydrogens is 1090 g/mol. The molecule has 7 aliphatic heterocycles. The number of carbonyl (C=O) groups excluding carboxylic acids is 4. The lowest BCUT2D eigenvalue weighted by molar-refractivity contribution is -0.351. The highest BCUT2D eigenvalue weighted by molar-refractivity contribution is 5.82. The van der Waals surface area contributed by atoms with Crippen LogP contribution in [0.4, 0.5) is 0 Å². The molecule has 2 spiro atoms. The summed E-state index contributed by atoms with van der Waals surface area (Å²) in [5, 5.41) is 82.3. The van der Waals surface area contributed by atoms with E-state index >= 15 is 0 Å². The van der Waals surface area contributed by atoms with Crippen molar-refractivity contribution in [2.45, 2.75) is 278 Å². The first-order valence-corrected chi connectivity index (χ1v) is 30.2. The third kappa shape index (κ3) is 17.3. The fraction of sp³-hybridized carbons (Fsp3) is 0.778. The molecule has 0 aromatic carbocycles. The van der Waals surface area contributed by atoms with Crippen molar-refractivity contribution in [1.82, 2.24) is 0 Å². The van der Waals surface area contributed by atoms with Gasteiger partial charge in [0, 0.05) is 103 Å². The summed E-state index contributed by atoms with van der Waals surface area (Å²) in [6.07, 6.45) is -6.46. The second-order valence-electron chi connectivity index (χ2n) is 25.8. The van der Waals surface area contributed by atoms with Gasteiger partial charge < -0.3 is 83.1 Å². The smallest absolute Gasteiger partial charge is 0.308 e. The molecule has 7 rings (SSSR count). The van der Waals surface area contributed by atoms with E-state index in [1.165, 1.54) is 26.0 Å². The number of ketones is 1. The molecule has 6 saturated heterocycles. The Morgan fingerprint density at radius 3 is 2.17 bits per heavy atom. The van der Waals surface area contributed by atoms with Crippen molar-refractivity contribution in [1.29, 1.82) is 0 Å². The Labute approximate surface area is 494 Å². The summed E-state index contributed by atoms with van der Waals surface area (Å²) in [5.41, 5.74) is -0.456. The molecule has 0 aromatic heterocycles. The maximum Gasteiger partial charge on any atom is 0.308 e. The highest BCUT2D eigenvalue weighted by atomic mass is 16.7. The van der Waals surface area contributed by atoms with E-state index in [4.69, 9.17) is 47.4 Å². The Morgan fingerprint density at radius 1 is 0.810 bits per heavy atom. The minimum Gasteiger partial charge on any atom is -0.462 e. The fourth-order valence-electron chi connectivity index (χ4n) is 14.1. The normalized spacial score (nSPS) is 44.5. The number of ether oxygens (including phenoxy) is 10. The van der Waals surface area contributed by atoms with Gasteiger partial charge >= 0.3 is 17.9 Å². The van der Waals surface area contributed by atoms with E-state index in [2.05, 4.69) is 19.7 Å². The number of aliphatic hydroxyl groups is 7. The van der Waals surface area contributed by atoms with Gasteiger partial charge in [0.2, 0.25) is 0 Å².